The molecule has 0 saturated heterocycles. The van der Waals surface area contributed by atoms with Gasteiger partial charge in [0.2, 0.25) is 5.88 Å². The van der Waals surface area contributed by atoms with Crippen molar-refractivity contribution in [1.29, 1.82) is 0 Å². The number of ether oxygens (including phenoxy) is 1. The summed E-state index contributed by atoms with van der Waals surface area (Å²) >= 11 is 0. The van der Waals surface area contributed by atoms with Crippen LogP contribution in [0, 0.1) is 11.6 Å². The van der Waals surface area contributed by atoms with E-state index >= 15 is 0 Å². The Labute approximate surface area is 228 Å². The second-order valence-corrected chi connectivity index (χ2v) is 10.2. The third-order valence-electron chi connectivity index (χ3n) is 7.74. The molecule has 7 rings (SSSR count). The molecule has 2 bridgehead atoms. The van der Waals surface area contributed by atoms with Crippen LogP contribution in [0.3, 0.4) is 0 Å². The van der Waals surface area contributed by atoms with Crippen molar-refractivity contribution in [2.24, 2.45) is 0 Å². The van der Waals surface area contributed by atoms with E-state index in [1.807, 2.05) is 30.3 Å². The predicted octanol–water partition coefficient (Wildman–Crippen LogP) is 5.50. The number of para-hydroxylation sites is 1. The molecule has 0 spiro atoms. The van der Waals surface area contributed by atoms with Crippen molar-refractivity contribution in [1.82, 2.24) is 15.1 Å². The fraction of sp³-hybridized carbons (Fsp3) is 0.194. The molecule has 3 unspecified atom stereocenters. The Bertz CT molecular complexity index is 1700. The van der Waals surface area contributed by atoms with Crippen LogP contribution in [0.15, 0.2) is 78.9 Å². The molecule has 1 aliphatic carbocycles. The van der Waals surface area contributed by atoms with Crippen LogP contribution in [0.2, 0.25) is 0 Å². The first-order valence-corrected chi connectivity index (χ1v) is 13.2. The van der Waals surface area contributed by atoms with Crippen LogP contribution in [-0.4, -0.2) is 33.7 Å². The molecule has 200 valence electrons. The van der Waals surface area contributed by atoms with Crippen LogP contribution in [0.25, 0.3) is 16.8 Å². The Hall–Kier alpha value is -4.79. The number of aromatic nitrogens is 2. The number of amides is 2. The molecule has 2 amide bonds. The molecule has 1 aromatic heterocycles. The van der Waals surface area contributed by atoms with E-state index in [0.29, 0.717) is 11.1 Å². The van der Waals surface area contributed by atoms with Crippen molar-refractivity contribution in [3.8, 4) is 17.1 Å². The van der Waals surface area contributed by atoms with E-state index in [-0.39, 0.29) is 40.5 Å². The second-order valence-electron chi connectivity index (χ2n) is 10.2. The number of hydrogen-bond acceptors (Lipinski definition) is 4. The first-order valence-electron chi connectivity index (χ1n) is 13.2. The summed E-state index contributed by atoms with van der Waals surface area (Å²) in [5, 5.41) is 10.1. The maximum atomic E-state index is 14.9. The summed E-state index contributed by atoms with van der Waals surface area (Å²) in [6.07, 6.45) is 4.00. The van der Waals surface area contributed by atoms with E-state index in [0.717, 1.165) is 24.8 Å². The molecular formula is C31H24F2N4O3. The Morgan fingerprint density at radius 1 is 0.950 bits per heavy atom. The van der Waals surface area contributed by atoms with Crippen LogP contribution >= 0.6 is 0 Å². The number of benzene rings is 3. The fourth-order valence-corrected chi connectivity index (χ4v) is 5.83. The van der Waals surface area contributed by atoms with Gasteiger partial charge in [-0.15, -0.1) is 0 Å². The number of fused-ring (bicyclic) bond motifs is 5. The number of rotatable bonds is 4. The maximum absolute atomic E-state index is 14.9. The first kappa shape index (κ1) is 24.3. The van der Waals surface area contributed by atoms with Gasteiger partial charge in [0.25, 0.3) is 11.8 Å². The highest BCUT2D eigenvalue weighted by molar-refractivity contribution is 6.09. The molecule has 1 saturated carbocycles. The number of halogens is 2. The number of carbonyl (C=O) groups is 2. The standard InChI is InChI=1S/C31H24F2N4O3/c32-23-11-5-4-9-21(23)28-26(31-37(36-28)18-13-14-19(15-18)40-31)30(39)34-25-16-22(17-7-2-1-3-8-17)20-10-6-12-24(33)27(20)35-29(25)38/h1-12,16,18-19,25H,13-15H2,(H,34,39)(H,35,38). The molecule has 0 radical (unpaired) electrons. The van der Waals surface area contributed by atoms with Gasteiger partial charge >= 0.3 is 0 Å². The maximum Gasteiger partial charge on any atom is 0.259 e. The van der Waals surface area contributed by atoms with E-state index in [9.17, 15) is 18.4 Å². The zero-order valence-electron chi connectivity index (χ0n) is 21.2. The molecule has 2 aliphatic heterocycles. The minimum atomic E-state index is -1.17. The number of anilines is 1. The zero-order chi connectivity index (χ0) is 27.4. The van der Waals surface area contributed by atoms with E-state index < -0.39 is 29.5 Å². The van der Waals surface area contributed by atoms with Crippen molar-refractivity contribution >= 4 is 23.1 Å². The third kappa shape index (κ3) is 3.97. The molecule has 3 heterocycles. The lowest BCUT2D eigenvalue weighted by Gasteiger charge is -2.23. The fourth-order valence-electron chi connectivity index (χ4n) is 5.83. The van der Waals surface area contributed by atoms with Crippen molar-refractivity contribution in [3.63, 3.8) is 0 Å². The van der Waals surface area contributed by atoms with Crippen molar-refractivity contribution in [3.05, 3.63) is 107 Å². The van der Waals surface area contributed by atoms with E-state index in [1.165, 1.54) is 12.1 Å². The van der Waals surface area contributed by atoms with E-state index in [4.69, 9.17) is 4.74 Å². The Balaban J connectivity index is 1.33. The topological polar surface area (TPSA) is 85.3 Å². The van der Waals surface area contributed by atoms with Crippen LogP contribution < -0.4 is 15.4 Å². The van der Waals surface area contributed by atoms with Gasteiger partial charge in [0, 0.05) is 17.5 Å². The number of hydrogen-bond donors (Lipinski definition) is 2. The van der Waals surface area contributed by atoms with Crippen LogP contribution in [0.4, 0.5) is 14.5 Å². The largest absolute Gasteiger partial charge is 0.474 e. The number of nitrogens with one attached hydrogen (secondary N) is 2. The molecule has 3 aromatic carbocycles. The van der Waals surface area contributed by atoms with Gasteiger partial charge in [-0.1, -0.05) is 54.6 Å². The molecule has 3 atom stereocenters. The van der Waals surface area contributed by atoms with Crippen LogP contribution in [0.1, 0.15) is 46.8 Å². The summed E-state index contributed by atoms with van der Waals surface area (Å²) in [4.78, 5) is 27.3. The van der Waals surface area contributed by atoms with E-state index in [1.54, 1.807) is 41.1 Å². The highest BCUT2D eigenvalue weighted by Gasteiger charge is 2.41. The number of carbonyl (C=O) groups excluding carboxylic acids is 2. The molecular weight excluding hydrogens is 514 g/mol. The van der Waals surface area contributed by atoms with Gasteiger partial charge in [-0.25, -0.2) is 13.5 Å². The molecule has 40 heavy (non-hydrogen) atoms. The van der Waals surface area contributed by atoms with Gasteiger partial charge in [-0.3, -0.25) is 9.59 Å². The summed E-state index contributed by atoms with van der Waals surface area (Å²) in [7, 11) is 0. The Kier molecular flexibility index (Phi) is 5.73. The van der Waals surface area contributed by atoms with Crippen LogP contribution in [0.5, 0.6) is 5.88 Å². The zero-order valence-corrected chi connectivity index (χ0v) is 21.2. The third-order valence-corrected chi connectivity index (χ3v) is 7.74. The number of nitrogens with zero attached hydrogens (tertiary/aromatic N) is 2. The van der Waals surface area contributed by atoms with Gasteiger partial charge < -0.3 is 15.4 Å². The lowest BCUT2D eigenvalue weighted by Crippen LogP contribution is -2.42. The van der Waals surface area contributed by atoms with Gasteiger partial charge in [0.1, 0.15) is 35.0 Å². The lowest BCUT2D eigenvalue weighted by atomic mass is 9.95. The predicted molar refractivity (Wildman–Crippen MR) is 145 cm³/mol. The quantitative estimate of drug-likeness (QED) is 0.360. The van der Waals surface area contributed by atoms with E-state index in [2.05, 4.69) is 15.7 Å². The van der Waals surface area contributed by atoms with Gasteiger partial charge in [0.15, 0.2) is 0 Å². The molecule has 1 fully saturated rings. The SMILES string of the molecule is O=C(NC1C=C(c2ccccc2)c2cccc(F)c2NC1=O)c1c(-c2ccccc2F)nn2c1OC1CCC2C1. The molecule has 2 N–H and O–H groups in total. The molecule has 4 aromatic rings. The average molecular weight is 539 g/mol. The normalized spacial score (nSPS) is 20.9. The summed E-state index contributed by atoms with van der Waals surface area (Å²) in [6, 6.07) is 18.8. The minimum absolute atomic E-state index is 0.0363. The second kappa shape index (κ2) is 9.44. The highest BCUT2D eigenvalue weighted by Crippen LogP contribution is 2.44. The molecule has 7 nitrogen and oxygen atoms in total. The van der Waals surface area contributed by atoms with Gasteiger partial charge in [-0.2, -0.15) is 5.10 Å². The van der Waals surface area contributed by atoms with Crippen LogP contribution in [-0.2, 0) is 4.79 Å². The summed E-state index contributed by atoms with van der Waals surface area (Å²) in [6.45, 7) is 0. The highest BCUT2D eigenvalue weighted by atomic mass is 19.1. The first-order chi connectivity index (χ1) is 19.5. The van der Waals surface area contributed by atoms with Gasteiger partial charge in [0.05, 0.1) is 11.7 Å². The Morgan fingerprint density at radius 3 is 2.52 bits per heavy atom. The summed E-state index contributed by atoms with van der Waals surface area (Å²) in [5.41, 5.74) is 2.24. The van der Waals surface area contributed by atoms with Gasteiger partial charge in [-0.05, 0) is 48.3 Å². The summed E-state index contributed by atoms with van der Waals surface area (Å²) < 4.78 is 37.7. The smallest absolute Gasteiger partial charge is 0.259 e. The molecule has 3 aliphatic rings. The average Bonchev–Trinajstić information content (AvgIpc) is 3.51. The summed E-state index contributed by atoms with van der Waals surface area (Å²) in [5.74, 6) is -2.10. The molecule has 9 heteroatoms. The van der Waals surface area contributed by atoms with Crippen molar-refractivity contribution in [2.75, 3.05) is 5.32 Å². The minimum Gasteiger partial charge on any atom is -0.474 e. The lowest BCUT2D eigenvalue weighted by molar-refractivity contribution is -0.117. The monoisotopic (exact) mass is 538 g/mol. The van der Waals surface area contributed by atoms with Crippen molar-refractivity contribution < 1.29 is 23.1 Å². The van der Waals surface area contributed by atoms with Crippen molar-refractivity contribution in [2.45, 2.75) is 37.5 Å². The Morgan fingerprint density at radius 2 is 1.70 bits per heavy atom.